The Bertz CT molecular complexity index is 867. The van der Waals surface area contributed by atoms with Gasteiger partial charge in [-0.3, -0.25) is 9.59 Å². The summed E-state index contributed by atoms with van der Waals surface area (Å²) in [5.74, 6) is 0.379. The van der Waals surface area contributed by atoms with Crippen LogP contribution in [0.15, 0.2) is 0 Å². The maximum absolute atomic E-state index is 12.9. The third-order valence-corrected chi connectivity index (χ3v) is 12.9. The van der Waals surface area contributed by atoms with Gasteiger partial charge in [0, 0.05) is 13.2 Å². The van der Waals surface area contributed by atoms with E-state index in [9.17, 15) is 14.7 Å². The molecule has 2 atom stereocenters. The molecule has 0 aliphatic rings. The minimum Gasteiger partial charge on any atom is -0.465 e. The largest absolute Gasteiger partial charge is 0.465 e. The van der Waals surface area contributed by atoms with Crippen LogP contribution in [0, 0.1) is 11.8 Å². The smallest absolute Gasteiger partial charge is 0.308 e. The molecule has 0 aliphatic carbocycles. The second-order valence-electron chi connectivity index (χ2n) is 18.8. The third-order valence-electron chi connectivity index (χ3n) is 12.9. The van der Waals surface area contributed by atoms with Gasteiger partial charge in [-0.1, -0.05) is 227 Å². The fourth-order valence-electron chi connectivity index (χ4n) is 8.75. The van der Waals surface area contributed by atoms with Crippen LogP contribution in [-0.2, 0) is 19.1 Å². The molecule has 0 amide bonds. The van der Waals surface area contributed by atoms with Gasteiger partial charge in [0.1, 0.15) is 0 Å². The van der Waals surface area contributed by atoms with Crippen molar-refractivity contribution < 1.29 is 24.2 Å². The van der Waals surface area contributed by atoms with Crippen LogP contribution in [0.2, 0.25) is 0 Å². The number of unbranched alkanes of at least 4 members (excludes halogenated alkanes) is 29. The van der Waals surface area contributed by atoms with Crippen LogP contribution in [0.3, 0.4) is 0 Å². The number of hydrogen-bond donors (Lipinski definition) is 1. The van der Waals surface area contributed by atoms with E-state index in [2.05, 4.69) is 32.6 Å². The van der Waals surface area contributed by atoms with E-state index < -0.39 is 0 Å². The van der Waals surface area contributed by atoms with Gasteiger partial charge >= 0.3 is 11.9 Å². The maximum Gasteiger partial charge on any atom is 0.308 e. The molecule has 358 valence electrons. The number of carbonyl (C=O) groups is 2. The highest BCUT2D eigenvalue weighted by atomic mass is 16.5. The predicted molar refractivity (Wildman–Crippen MR) is 260 cm³/mol. The number of aliphatic hydroxyl groups is 1. The molecule has 0 aromatic carbocycles. The van der Waals surface area contributed by atoms with Gasteiger partial charge in [-0.25, -0.2) is 0 Å². The summed E-state index contributed by atoms with van der Waals surface area (Å²) in [6.07, 6.45) is 48.8. The Morgan fingerprint density at radius 3 is 1.00 bits per heavy atom. The molecule has 1 N–H and O–H groups in total. The molecule has 0 fully saturated rings. The summed E-state index contributed by atoms with van der Waals surface area (Å²) < 4.78 is 11.5. The first kappa shape index (κ1) is 58.9. The van der Waals surface area contributed by atoms with Gasteiger partial charge in [-0.05, 0) is 70.9 Å². The molecule has 0 aromatic heterocycles. The van der Waals surface area contributed by atoms with Crippen LogP contribution in [0.1, 0.15) is 285 Å². The van der Waals surface area contributed by atoms with Crippen molar-refractivity contribution in [2.45, 2.75) is 285 Å². The van der Waals surface area contributed by atoms with Gasteiger partial charge < -0.3 is 19.5 Å². The highest BCUT2D eigenvalue weighted by Gasteiger charge is 2.20. The van der Waals surface area contributed by atoms with Crippen molar-refractivity contribution in [2.75, 3.05) is 39.5 Å². The zero-order valence-corrected chi connectivity index (χ0v) is 41.2. The van der Waals surface area contributed by atoms with E-state index >= 15 is 0 Å². The molecule has 0 saturated heterocycles. The van der Waals surface area contributed by atoms with Crippen molar-refractivity contribution in [3.63, 3.8) is 0 Å². The Kier molecular flexibility index (Phi) is 48.0. The average Bonchev–Trinajstić information content (AvgIpc) is 3.25. The molecule has 2 unspecified atom stereocenters. The summed E-state index contributed by atoms with van der Waals surface area (Å²) in [6, 6.07) is 0. The lowest BCUT2D eigenvalue weighted by Gasteiger charge is -2.22. The molecular formula is C54H107NO5. The van der Waals surface area contributed by atoms with E-state index in [1.54, 1.807) is 0 Å². The van der Waals surface area contributed by atoms with Crippen LogP contribution < -0.4 is 0 Å². The van der Waals surface area contributed by atoms with E-state index in [0.29, 0.717) is 19.8 Å². The molecule has 0 spiro atoms. The topological polar surface area (TPSA) is 76.1 Å². The number of carbonyl (C=O) groups excluding carboxylic acids is 2. The molecule has 0 aliphatic heterocycles. The van der Waals surface area contributed by atoms with Crippen molar-refractivity contribution in [1.29, 1.82) is 0 Å². The minimum atomic E-state index is 0.0588. The summed E-state index contributed by atoms with van der Waals surface area (Å²) in [5, 5.41) is 9.43. The number of nitrogens with zero attached hydrogens (tertiary/aromatic N) is 1. The third kappa shape index (κ3) is 40.9. The molecule has 6 heteroatoms. The minimum absolute atomic E-state index is 0.0588. The molecule has 0 rings (SSSR count). The number of hydrogen-bond acceptors (Lipinski definition) is 6. The molecule has 0 radical (unpaired) electrons. The normalized spacial score (nSPS) is 12.6. The van der Waals surface area contributed by atoms with Gasteiger partial charge in [0.05, 0.1) is 25.0 Å². The Morgan fingerprint density at radius 2 is 0.617 bits per heavy atom. The van der Waals surface area contributed by atoms with Crippen molar-refractivity contribution in [2.24, 2.45) is 11.8 Å². The summed E-state index contributed by atoms with van der Waals surface area (Å²) in [6.45, 7) is 13.8. The summed E-state index contributed by atoms with van der Waals surface area (Å²) in [7, 11) is 0. The Balaban J connectivity index is 3.83. The summed E-state index contributed by atoms with van der Waals surface area (Å²) in [5.41, 5.74) is 0. The van der Waals surface area contributed by atoms with E-state index in [1.807, 2.05) is 0 Å². The first-order valence-corrected chi connectivity index (χ1v) is 27.2. The van der Waals surface area contributed by atoms with Crippen LogP contribution in [-0.4, -0.2) is 61.4 Å². The molecule has 0 saturated carbocycles. The van der Waals surface area contributed by atoms with E-state index in [4.69, 9.17) is 9.47 Å². The second-order valence-corrected chi connectivity index (χ2v) is 18.8. The van der Waals surface area contributed by atoms with Crippen molar-refractivity contribution in [3.8, 4) is 0 Å². The van der Waals surface area contributed by atoms with Crippen LogP contribution in [0.4, 0.5) is 0 Å². The van der Waals surface area contributed by atoms with E-state index in [1.165, 1.54) is 206 Å². The lowest BCUT2D eigenvalue weighted by molar-refractivity contribution is -0.150. The van der Waals surface area contributed by atoms with Crippen molar-refractivity contribution in [1.82, 2.24) is 4.90 Å². The zero-order chi connectivity index (χ0) is 43.8. The lowest BCUT2D eigenvalue weighted by atomic mass is 9.94. The number of ether oxygens (including phenoxy) is 2. The standard InChI is InChI=1S/C54H107NO5/c1-5-9-13-15-28-35-44-52(43-34-14-10-6-2)54(58)60-50-39-32-27-23-19-17-21-25-30-37-46-55(47-40-48-56)45-36-29-24-20-16-18-22-26-31-38-49-59-53(57)51(41-12-8-4)42-33-11-7-3/h51-52,56H,5-50H2,1-4H3. The fourth-order valence-corrected chi connectivity index (χ4v) is 8.75. The fraction of sp³-hybridized carbons (Fsp3) is 0.963. The Morgan fingerprint density at radius 1 is 0.350 bits per heavy atom. The molecule has 0 heterocycles. The predicted octanol–water partition coefficient (Wildman–Crippen LogP) is 16.3. The number of esters is 2. The van der Waals surface area contributed by atoms with Gasteiger partial charge in [0.25, 0.3) is 0 Å². The molecule has 6 nitrogen and oxygen atoms in total. The first-order chi connectivity index (χ1) is 29.5. The van der Waals surface area contributed by atoms with Gasteiger partial charge in [-0.15, -0.1) is 0 Å². The zero-order valence-electron chi connectivity index (χ0n) is 41.2. The average molecular weight is 850 g/mol. The monoisotopic (exact) mass is 850 g/mol. The van der Waals surface area contributed by atoms with Crippen molar-refractivity contribution >= 4 is 11.9 Å². The van der Waals surface area contributed by atoms with Crippen LogP contribution >= 0.6 is 0 Å². The van der Waals surface area contributed by atoms with Crippen molar-refractivity contribution in [3.05, 3.63) is 0 Å². The number of rotatable bonds is 50. The first-order valence-electron chi connectivity index (χ1n) is 27.2. The summed E-state index contributed by atoms with van der Waals surface area (Å²) >= 11 is 0. The molecule has 0 aromatic rings. The van der Waals surface area contributed by atoms with Gasteiger partial charge in [-0.2, -0.15) is 0 Å². The number of aliphatic hydroxyl groups excluding tert-OH is 1. The van der Waals surface area contributed by atoms with Crippen LogP contribution in [0.5, 0.6) is 0 Å². The highest BCUT2D eigenvalue weighted by Crippen LogP contribution is 2.22. The molecular weight excluding hydrogens is 743 g/mol. The quantitative estimate of drug-likeness (QED) is 0.0485. The van der Waals surface area contributed by atoms with E-state index in [0.717, 1.165) is 70.8 Å². The van der Waals surface area contributed by atoms with Gasteiger partial charge in [0.2, 0.25) is 0 Å². The SMILES string of the molecule is CCCCCCCCC(CCCCCC)C(=O)OCCCCCCCCCCCCN(CCCO)CCCCCCCCCCCCOC(=O)C(CCCC)CCCCC. The van der Waals surface area contributed by atoms with Gasteiger partial charge in [0.15, 0.2) is 0 Å². The second kappa shape index (κ2) is 48.9. The highest BCUT2D eigenvalue weighted by molar-refractivity contribution is 5.72. The molecule has 60 heavy (non-hydrogen) atoms. The Labute approximate surface area is 375 Å². The lowest BCUT2D eigenvalue weighted by Crippen LogP contribution is -2.27. The Hall–Kier alpha value is -1.14. The van der Waals surface area contributed by atoms with Crippen LogP contribution in [0.25, 0.3) is 0 Å². The maximum atomic E-state index is 12.9. The summed E-state index contributed by atoms with van der Waals surface area (Å²) in [4.78, 5) is 28.1. The molecule has 0 bridgehead atoms. The van der Waals surface area contributed by atoms with E-state index in [-0.39, 0.29) is 23.8 Å².